The second-order valence-electron chi connectivity index (χ2n) is 4.49. The van der Waals surface area contributed by atoms with Crippen molar-refractivity contribution in [1.29, 1.82) is 0 Å². The van der Waals surface area contributed by atoms with E-state index in [0.29, 0.717) is 12.5 Å². The highest BCUT2D eigenvalue weighted by Gasteiger charge is 2.14. The van der Waals surface area contributed by atoms with Crippen LogP contribution in [0.4, 0.5) is 5.69 Å². The minimum atomic E-state index is -0.447. The van der Waals surface area contributed by atoms with E-state index in [9.17, 15) is 5.11 Å². The number of aliphatic hydroxyl groups excluding tert-OH is 1. The standard InChI is InChI=1S/C14H24N2OS/c1-5-11(10-18-4)16(3)12-7-8-13(15-9-12)14(17)6-2/h7-9,11,14,17H,5-6,10H2,1-4H3/t11?,14-/m0/s1. The third-order valence-corrected chi connectivity index (χ3v) is 4.00. The van der Waals surface area contributed by atoms with Crippen LogP contribution in [-0.4, -0.2) is 35.2 Å². The highest BCUT2D eigenvalue weighted by Crippen LogP contribution is 2.20. The van der Waals surface area contributed by atoms with E-state index in [2.05, 4.69) is 30.1 Å². The number of rotatable bonds is 7. The molecular weight excluding hydrogens is 244 g/mol. The Hall–Kier alpha value is -0.740. The smallest absolute Gasteiger partial charge is 0.0957 e. The largest absolute Gasteiger partial charge is 0.387 e. The first-order valence-corrected chi connectivity index (χ1v) is 7.89. The molecule has 1 rings (SSSR count). The maximum atomic E-state index is 9.72. The SMILES string of the molecule is CCC(CSC)N(C)c1ccc([C@@H](O)CC)nc1. The topological polar surface area (TPSA) is 36.4 Å². The van der Waals surface area contributed by atoms with E-state index >= 15 is 0 Å². The zero-order valence-corrected chi connectivity index (χ0v) is 12.6. The van der Waals surface area contributed by atoms with Crippen LogP contribution < -0.4 is 4.90 Å². The average Bonchev–Trinajstić information content (AvgIpc) is 2.43. The van der Waals surface area contributed by atoms with Gasteiger partial charge < -0.3 is 10.0 Å². The maximum absolute atomic E-state index is 9.72. The highest BCUT2D eigenvalue weighted by molar-refractivity contribution is 7.98. The normalized spacial score (nSPS) is 14.3. The van der Waals surface area contributed by atoms with Crippen molar-refractivity contribution >= 4 is 17.4 Å². The quantitative estimate of drug-likeness (QED) is 0.824. The maximum Gasteiger partial charge on any atom is 0.0957 e. The third kappa shape index (κ3) is 3.89. The molecule has 0 aliphatic heterocycles. The Morgan fingerprint density at radius 2 is 2.06 bits per heavy atom. The van der Waals surface area contributed by atoms with Crippen molar-refractivity contribution in [3.63, 3.8) is 0 Å². The number of nitrogens with zero attached hydrogens (tertiary/aromatic N) is 2. The van der Waals surface area contributed by atoms with Crippen LogP contribution in [0.2, 0.25) is 0 Å². The van der Waals surface area contributed by atoms with Crippen molar-refractivity contribution in [2.75, 3.05) is 24.0 Å². The molecule has 0 bridgehead atoms. The van der Waals surface area contributed by atoms with Gasteiger partial charge in [0.15, 0.2) is 0 Å². The van der Waals surface area contributed by atoms with Gasteiger partial charge in [0.25, 0.3) is 0 Å². The molecule has 0 saturated carbocycles. The number of pyridine rings is 1. The molecule has 0 aromatic carbocycles. The first-order chi connectivity index (χ1) is 8.63. The Balaban J connectivity index is 2.77. The molecule has 1 aromatic heterocycles. The summed E-state index contributed by atoms with van der Waals surface area (Å²) in [6.07, 6.45) is 5.37. The van der Waals surface area contributed by atoms with Gasteiger partial charge in [-0.05, 0) is 31.2 Å². The van der Waals surface area contributed by atoms with Crippen molar-refractivity contribution in [3.8, 4) is 0 Å². The lowest BCUT2D eigenvalue weighted by molar-refractivity contribution is 0.169. The summed E-state index contributed by atoms with van der Waals surface area (Å²) in [7, 11) is 2.11. The summed E-state index contributed by atoms with van der Waals surface area (Å²) in [5, 5.41) is 9.72. The van der Waals surface area contributed by atoms with Crippen molar-refractivity contribution in [3.05, 3.63) is 24.0 Å². The van der Waals surface area contributed by atoms with Crippen LogP contribution in [0.25, 0.3) is 0 Å². The van der Waals surface area contributed by atoms with Crippen molar-refractivity contribution in [2.45, 2.75) is 38.8 Å². The second kappa shape index (κ2) is 7.64. The van der Waals surface area contributed by atoms with Gasteiger partial charge in [-0.3, -0.25) is 4.98 Å². The monoisotopic (exact) mass is 268 g/mol. The van der Waals surface area contributed by atoms with Gasteiger partial charge in [0.05, 0.1) is 23.7 Å². The molecule has 1 N–H and O–H groups in total. The molecule has 0 radical (unpaired) electrons. The van der Waals surface area contributed by atoms with E-state index in [-0.39, 0.29) is 0 Å². The van der Waals surface area contributed by atoms with Gasteiger partial charge in [0.1, 0.15) is 0 Å². The van der Waals surface area contributed by atoms with Crippen molar-refractivity contribution < 1.29 is 5.11 Å². The third-order valence-electron chi connectivity index (χ3n) is 3.28. The fourth-order valence-electron chi connectivity index (χ4n) is 1.92. The predicted octanol–water partition coefficient (Wildman–Crippen LogP) is 3.10. The molecular formula is C14H24N2OS. The van der Waals surface area contributed by atoms with Gasteiger partial charge in [0, 0.05) is 18.8 Å². The van der Waals surface area contributed by atoms with Gasteiger partial charge >= 0.3 is 0 Å². The summed E-state index contributed by atoms with van der Waals surface area (Å²) in [4.78, 5) is 6.62. The molecule has 1 unspecified atom stereocenters. The molecule has 0 aliphatic carbocycles. The molecule has 102 valence electrons. The first-order valence-electron chi connectivity index (χ1n) is 6.49. The van der Waals surface area contributed by atoms with Crippen LogP contribution in [0.1, 0.15) is 38.5 Å². The molecule has 18 heavy (non-hydrogen) atoms. The zero-order valence-electron chi connectivity index (χ0n) is 11.8. The van der Waals surface area contributed by atoms with Crippen LogP contribution in [0.15, 0.2) is 18.3 Å². The summed E-state index contributed by atoms with van der Waals surface area (Å²) in [6, 6.07) is 4.50. The van der Waals surface area contributed by atoms with Crippen LogP contribution in [0.3, 0.4) is 0 Å². The number of hydrogen-bond acceptors (Lipinski definition) is 4. The van der Waals surface area contributed by atoms with Crippen molar-refractivity contribution in [2.24, 2.45) is 0 Å². The Morgan fingerprint density at radius 1 is 1.33 bits per heavy atom. The summed E-state index contributed by atoms with van der Waals surface area (Å²) >= 11 is 1.87. The van der Waals surface area contributed by atoms with Gasteiger partial charge in [0.2, 0.25) is 0 Å². The zero-order chi connectivity index (χ0) is 13.5. The average molecular weight is 268 g/mol. The minimum absolute atomic E-state index is 0.447. The molecule has 2 atom stereocenters. The number of aromatic nitrogens is 1. The van der Waals surface area contributed by atoms with Crippen LogP contribution in [0.5, 0.6) is 0 Å². The lowest BCUT2D eigenvalue weighted by atomic mass is 10.1. The molecule has 0 fully saturated rings. The van der Waals surface area contributed by atoms with Crippen LogP contribution in [-0.2, 0) is 0 Å². The Morgan fingerprint density at radius 3 is 2.50 bits per heavy atom. The van der Waals surface area contributed by atoms with Gasteiger partial charge in [-0.1, -0.05) is 13.8 Å². The van der Waals surface area contributed by atoms with Gasteiger partial charge in [-0.15, -0.1) is 0 Å². The summed E-state index contributed by atoms with van der Waals surface area (Å²) in [5.74, 6) is 1.12. The Bertz CT molecular complexity index is 342. The fourth-order valence-corrected chi connectivity index (χ4v) is 2.76. The summed E-state index contributed by atoms with van der Waals surface area (Å²) in [5.41, 5.74) is 1.87. The number of hydrogen-bond donors (Lipinski definition) is 1. The molecule has 0 saturated heterocycles. The molecule has 0 spiro atoms. The molecule has 3 nitrogen and oxygen atoms in total. The molecule has 1 aromatic rings. The number of aliphatic hydroxyl groups is 1. The number of anilines is 1. The first kappa shape index (κ1) is 15.3. The molecule has 0 aliphatic rings. The van der Waals surface area contributed by atoms with E-state index < -0.39 is 6.10 Å². The van der Waals surface area contributed by atoms with E-state index in [1.807, 2.05) is 37.0 Å². The van der Waals surface area contributed by atoms with E-state index in [4.69, 9.17) is 0 Å². The molecule has 4 heteroatoms. The predicted molar refractivity (Wildman–Crippen MR) is 80.4 cm³/mol. The van der Waals surface area contributed by atoms with Gasteiger partial charge in [-0.2, -0.15) is 11.8 Å². The number of thioether (sulfide) groups is 1. The van der Waals surface area contributed by atoms with E-state index in [1.165, 1.54) is 0 Å². The van der Waals surface area contributed by atoms with E-state index in [0.717, 1.165) is 23.6 Å². The highest BCUT2D eigenvalue weighted by atomic mass is 32.2. The van der Waals surface area contributed by atoms with Crippen LogP contribution in [0, 0.1) is 0 Å². The minimum Gasteiger partial charge on any atom is -0.387 e. The summed E-state index contributed by atoms with van der Waals surface area (Å²) < 4.78 is 0. The fraction of sp³-hybridized carbons (Fsp3) is 0.643. The Labute approximate surface area is 115 Å². The van der Waals surface area contributed by atoms with E-state index in [1.54, 1.807) is 0 Å². The van der Waals surface area contributed by atoms with Crippen LogP contribution >= 0.6 is 11.8 Å². The lowest BCUT2D eigenvalue weighted by Crippen LogP contribution is -2.33. The Kier molecular flexibility index (Phi) is 6.50. The lowest BCUT2D eigenvalue weighted by Gasteiger charge is -2.28. The summed E-state index contributed by atoms with van der Waals surface area (Å²) in [6.45, 7) is 4.16. The second-order valence-corrected chi connectivity index (χ2v) is 5.40. The molecule has 1 heterocycles. The van der Waals surface area contributed by atoms with Crippen molar-refractivity contribution in [1.82, 2.24) is 4.98 Å². The van der Waals surface area contributed by atoms with Gasteiger partial charge in [-0.25, -0.2) is 0 Å². The molecule has 0 amide bonds.